The van der Waals surface area contributed by atoms with Crippen molar-refractivity contribution in [3.05, 3.63) is 48.0 Å². The number of rotatable bonds is 4. The van der Waals surface area contributed by atoms with Gasteiger partial charge in [-0.05, 0) is 35.8 Å². The summed E-state index contributed by atoms with van der Waals surface area (Å²) in [6.07, 6.45) is 1.68. The zero-order chi connectivity index (χ0) is 13.5. The van der Waals surface area contributed by atoms with Crippen LogP contribution < -0.4 is 10.6 Å². The Morgan fingerprint density at radius 2 is 2.00 bits per heavy atom. The second kappa shape index (κ2) is 6.91. The van der Waals surface area contributed by atoms with Crippen LogP contribution in [-0.2, 0) is 0 Å². The van der Waals surface area contributed by atoms with Crippen LogP contribution in [-0.4, -0.2) is 17.6 Å². The van der Waals surface area contributed by atoms with Crippen molar-refractivity contribution in [2.75, 3.05) is 6.54 Å². The number of hydrogen-bond donors (Lipinski definition) is 2. The van der Waals surface area contributed by atoms with E-state index in [1.165, 1.54) is 5.56 Å². The van der Waals surface area contributed by atoms with Gasteiger partial charge in [0.2, 0.25) is 0 Å². The van der Waals surface area contributed by atoms with Gasteiger partial charge in [0, 0.05) is 12.1 Å². The molecule has 0 saturated heterocycles. The number of carbonyl (C=O) groups excluding carboxylic acids is 1. The van der Waals surface area contributed by atoms with Crippen molar-refractivity contribution in [3.63, 3.8) is 0 Å². The van der Waals surface area contributed by atoms with E-state index in [1.54, 1.807) is 18.2 Å². The van der Waals surface area contributed by atoms with Gasteiger partial charge in [-0.2, -0.15) is 0 Å². The van der Waals surface area contributed by atoms with E-state index in [0.29, 0.717) is 23.1 Å². The van der Waals surface area contributed by atoms with E-state index in [9.17, 15) is 4.79 Å². The molecule has 0 spiro atoms. The Morgan fingerprint density at radius 1 is 1.39 bits per heavy atom. The summed E-state index contributed by atoms with van der Waals surface area (Å²) in [6, 6.07) is 7.53. The van der Waals surface area contributed by atoms with Crippen molar-refractivity contribution in [2.45, 2.75) is 19.8 Å². The molecule has 0 aliphatic carbocycles. The summed E-state index contributed by atoms with van der Waals surface area (Å²) in [7, 11) is 0. The highest BCUT2D eigenvalue weighted by Crippen LogP contribution is 2.14. The molecular formula is C14H18N2OS. The van der Waals surface area contributed by atoms with Crippen molar-refractivity contribution in [1.82, 2.24) is 10.6 Å². The van der Waals surface area contributed by atoms with Crippen LogP contribution in [0.15, 0.2) is 36.9 Å². The third kappa shape index (κ3) is 4.30. The molecule has 0 heterocycles. The summed E-state index contributed by atoms with van der Waals surface area (Å²) in [5, 5.41) is 5.77. The minimum absolute atomic E-state index is 0.202. The topological polar surface area (TPSA) is 41.1 Å². The minimum atomic E-state index is -0.202. The van der Waals surface area contributed by atoms with Crippen molar-refractivity contribution >= 4 is 23.2 Å². The van der Waals surface area contributed by atoms with Gasteiger partial charge in [-0.3, -0.25) is 10.1 Å². The van der Waals surface area contributed by atoms with Gasteiger partial charge >= 0.3 is 0 Å². The van der Waals surface area contributed by atoms with Gasteiger partial charge in [-0.25, -0.2) is 0 Å². The van der Waals surface area contributed by atoms with Crippen molar-refractivity contribution in [3.8, 4) is 0 Å². The van der Waals surface area contributed by atoms with E-state index >= 15 is 0 Å². The van der Waals surface area contributed by atoms with E-state index in [0.717, 1.165) is 0 Å². The first-order valence-electron chi connectivity index (χ1n) is 5.84. The van der Waals surface area contributed by atoms with E-state index in [4.69, 9.17) is 12.2 Å². The molecule has 3 nitrogen and oxygen atoms in total. The smallest absolute Gasteiger partial charge is 0.257 e. The maximum absolute atomic E-state index is 11.8. The first kappa shape index (κ1) is 14.4. The fourth-order valence-electron chi connectivity index (χ4n) is 1.40. The monoisotopic (exact) mass is 262 g/mol. The molecule has 0 aliphatic rings. The number of benzene rings is 1. The zero-order valence-electron chi connectivity index (χ0n) is 10.7. The SMILES string of the molecule is C=CCNC(=S)NC(=O)c1ccc(C(C)C)cc1. The average Bonchev–Trinajstić information content (AvgIpc) is 2.36. The first-order chi connectivity index (χ1) is 8.54. The van der Waals surface area contributed by atoms with Crippen LogP contribution in [0, 0.1) is 0 Å². The predicted octanol–water partition coefficient (Wildman–Crippen LogP) is 2.60. The quantitative estimate of drug-likeness (QED) is 0.647. The molecule has 2 N–H and O–H groups in total. The molecule has 0 radical (unpaired) electrons. The number of carbonyl (C=O) groups is 1. The minimum Gasteiger partial charge on any atom is -0.359 e. The standard InChI is InChI=1S/C14H18N2OS/c1-4-9-15-14(18)16-13(17)12-7-5-11(6-8-12)10(2)3/h4-8,10H,1,9H2,2-3H3,(H2,15,16,17,18). The lowest BCUT2D eigenvalue weighted by Gasteiger charge is -2.09. The van der Waals surface area contributed by atoms with Crippen LogP contribution in [0.4, 0.5) is 0 Å². The molecule has 0 aromatic heterocycles. The summed E-state index contributed by atoms with van der Waals surface area (Å²) < 4.78 is 0. The normalized spacial score (nSPS) is 9.94. The van der Waals surface area contributed by atoms with E-state index in [1.807, 2.05) is 12.1 Å². The second-order valence-electron chi connectivity index (χ2n) is 4.23. The highest BCUT2D eigenvalue weighted by molar-refractivity contribution is 7.80. The van der Waals surface area contributed by atoms with Gasteiger partial charge in [0.05, 0.1) is 0 Å². The Labute approximate surface area is 113 Å². The number of hydrogen-bond acceptors (Lipinski definition) is 2. The molecule has 0 saturated carbocycles. The lowest BCUT2D eigenvalue weighted by Crippen LogP contribution is -2.39. The molecule has 4 heteroatoms. The maximum atomic E-state index is 11.8. The van der Waals surface area contributed by atoms with Crippen LogP contribution >= 0.6 is 12.2 Å². The van der Waals surface area contributed by atoms with E-state index in [-0.39, 0.29) is 5.91 Å². The van der Waals surface area contributed by atoms with Crippen LogP contribution in [0.5, 0.6) is 0 Å². The number of amides is 1. The van der Waals surface area contributed by atoms with Gasteiger partial charge in [0.15, 0.2) is 5.11 Å². The van der Waals surface area contributed by atoms with Gasteiger partial charge in [0.25, 0.3) is 5.91 Å². The summed E-state index contributed by atoms with van der Waals surface area (Å²) >= 11 is 4.97. The third-order valence-electron chi connectivity index (χ3n) is 2.47. The van der Waals surface area contributed by atoms with E-state index in [2.05, 4.69) is 31.1 Å². The molecule has 1 amide bonds. The van der Waals surface area contributed by atoms with E-state index < -0.39 is 0 Å². The lowest BCUT2D eigenvalue weighted by atomic mass is 10.0. The molecule has 1 aromatic carbocycles. The number of thiocarbonyl (C=S) groups is 1. The Morgan fingerprint density at radius 3 is 2.50 bits per heavy atom. The molecule has 0 bridgehead atoms. The summed E-state index contributed by atoms with van der Waals surface area (Å²) in [6.45, 7) is 8.32. The molecule has 0 atom stereocenters. The fraction of sp³-hybridized carbons (Fsp3) is 0.286. The van der Waals surface area contributed by atoms with Gasteiger partial charge in [-0.1, -0.05) is 32.1 Å². The molecule has 96 valence electrons. The van der Waals surface area contributed by atoms with Gasteiger partial charge in [-0.15, -0.1) is 6.58 Å². The first-order valence-corrected chi connectivity index (χ1v) is 6.25. The molecular weight excluding hydrogens is 244 g/mol. The highest BCUT2D eigenvalue weighted by Gasteiger charge is 2.07. The average molecular weight is 262 g/mol. The molecule has 18 heavy (non-hydrogen) atoms. The summed E-state index contributed by atoms with van der Waals surface area (Å²) in [5.74, 6) is 0.254. The van der Waals surface area contributed by atoms with Crippen molar-refractivity contribution in [2.24, 2.45) is 0 Å². The zero-order valence-corrected chi connectivity index (χ0v) is 11.5. The van der Waals surface area contributed by atoms with Crippen molar-refractivity contribution in [1.29, 1.82) is 0 Å². The maximum Gasteiger partial charge on any atom is 0.257 e. The Hall–Kier alpha value is -1.68. The summed E-state index contributed by atoms with van der Waals surface area (Å²) in [5.41, 5.74) is 1.81. The van der Waals surface area contributed by atoms with Gasteiger partial charge < -0.3 is 5.32 Å². The predicted molar refractivity (Wildman–Crippen MR) is 78.8 cm³/mol. The van der Waals surface area contributed by atoms with Crippen LogP contribution in [0.2, 0.25) is 0 Å². The Kier molecular flexibility index (Phi) is 5.52. The molecule has 1 aromatic rings. The number of nitrogens with one attached hydrogen (secondary N) is 2. The van der Waals surface area contributed by atoms with Gasteiger partial charge in [0.1, 0.15) is 0 Å². The molecule has 0 aliphatic heterocycles. The van der Waals surface area contributed by atoms with Crippen molar-refractivity contribution < 1.29 is 4.79 Å². The van der Waals surface area contributed by atoms with Crippen LogP contribution in [0.25, 0.3) is 0 Å². The molecule has 0 unspecified atom stereocenters. The molecule has 1 rings (SSSR count). The Bertz CT molecular complexity index is 438. The molecule has 0 fully saturated rings. The lowest BCUT2D eigenvalue weighted by molar-refractivity contribution is 0.0976. The Balaban J connectivity index is 2.61. The summed E-state index contributed by atoms with van der Waals surface area (Å²) in [4.78, 5) is 11.8. The van der Waals surface area contributed by atoms with Crippen LogP contribution in [0.3, 0.4) is 0 Å². The third-order valence-corrected chi connectivity index (χ3v) is 2.72. The highest BCUT2D eigenvalue weighted by atomic mass is 32.1. The van der Waals surface area contributed by atoms with Crippen LogP contribution in [0.1, 0.15) is 35.7 Å². The fourth-order valence-corrected chi connectivity index (χ4v) is 1.58. The largest absolute Gasteiger partial charge is 0.359 e. The second-order valence-corrected chi connectivity index (χ2v) is 4.64.